The van der Waals surface area contributed by atoms with Gasteiger partial charge in [-0.2, -0.15) is 0 Å². The number of nitrogens with one attached hydrogen (secondary N) is 1. The molecule has 5 nitrogen and oxygen atoms in total. The number of benzene rings is 1. The van der Waals surface area contributed by atoms with Gasteiger partial charge in [0.15, 0.2) is 0 Å². The quantitative estimate of drug-likeness (QED) is 0.742. The minimum absolute atomic E-state index is 0.260. The third kappa shape index (κ3) is 3.69. The standard InChI is InChI=1S/C16H16N2O3S2/c1-12-14(18-16(21-12)15-8-5-11-22-15)9-10-17-23(19,20)13-6-3-2-4-7-13/h2-8,11,17H,9-10H2,1H3. The Morgan fingerprint density at radius 2 is 1.96 bits per heavy atom. The second kappa shape index (κ2) is 6.66. The fourth-order valence-electron chi connectivity index (χ4n) is 2.15. The lowest BCUT2D eigenvalue weighted by atomic mass is 10.3. The van der Waals surface area contributed by atoms with Crippen LogP contribution in [0.15, 0.2) is 57.2 Å². The number of hydrogen-bond acceptors (Lipinski definition) is 5. The van der Waals surface area contributed by atoms with Gasteiger partial charge in [0, 0.05) is 13.0 Å². The molecule has 3 aromatic rings. The number of rotatable bonds is 6. The average molecular weight is 348 g/mol. The molecule has 0 bridgehead atoms. The zero-order chi connectivity index (χ0) is 16.3. The molecule has 0 aliphatic rings. The number of hydrogen-bond donors (Lipinski definition) is 1. The van der Waals surface area contributed by atoms with E-state index in [4.69, 9.17) is 4.42 Å². The summed E-state index contributed by atoms with van der Waals surface area (Å²) in [4.78, 5) is 5.68. The van der Waals surface area contributed by atoms with Crippen molar-refractivity contribution < 1.29 is 12.8 Å². The smallest absolute Gasteiger partial charge is 0.240 e. The molecule has 3 rings (SSSR count). The lowest BCUT2D eigenvalue weighted by Gasteiger charge is -2.05. The Balaban J connectivity index is 1.65. The Morgan fingerprint density at radius 1 is 1.17 bits per heavy atom. The van der Waals surface area contributed by atoms with Gasteiger partial charge in [-0.1, -0.05) is 24.3 Å². The molecule has 0 atom stereocenters. The van der Waals surface area contributed by atoms with Crippen LogP contribution in [0, 0.1) is 6.92 Å². The maximum absolute atomic E-state index is 12.1. The number of sulfonamides is 1. The fourth-order valence-corrected chi connectivity index (χ4v) is 3.85. The molecule has 23 heavy (non-hydrogen) atoms. The first-order valence-electron chi connectivity index (χ1n) is 7.11. The van der Waals surface area contributed by atoms with Crippen LogP contribution in [-0.4, -0.2) is 19.9 Å². The van der Waals surface area contributed by atoms with Crippen molar-refractivity contribution in [3.8, 4) is 10.8 Å². The number of oxazole rings is 1. The second-order valence-corrected chi connectivity index (χ2v) is 7.67. The zero-order valence-corrected chi connectivity index (χ0v) is 14.2. The van der Waals surface area contributed by atoms with E-state index in [0.717, 1.165) is 10.6 Å². The van der Waals surface area contributed by atoms with Gasteiger partial charge < -0.3 is 4.42 Å². The van der Waals surface area contributed by atoms with Gasteiger partial charge >= 0.3 is 0 Å². The summed E-state index contributed by atoms with van der Waals surface area (Å²) in [5.41, 5.74) is 0.768. The van der Waals surface area contributed by atoms with Crippen LogP contribution in [0.1, 0.15) is 11.5 Å². The highest BCUT2D eigenvalue weighted by Gasteiger charge is 2.15. The van der Waals surface area contributed by atoms with Gasteiger partial charge in [0.1, 0.15) is 5.76 Å². The van der Waals surface area contributed by atoms with E-state index in [-0.39, 0.29) is 11.4 Å². The van der Waals surface area contributed by atoms with E-state index in [9.17, 15) is 8.42 Å². The van der Waals surface area contributed by atoms with Gasteiger partial charge in [-0.25, -0.2) is 18.1 Å². The van der Waals surface area contributed by atoms with E-state index in [1.54, 1.807) is 41.7 Å². The molecular weight excluding hydrogens is 332 g/mol. The topological polar surface area (TPSA) is 72.2 Å². The summed E-state index contributed by atoms with van der Waals surface area (Å²) in [6.07, 6.45) is 0.479. The lowest BCUT2D eigenvalue weighted by Crippen LogP contribution is -2.26. The molecular formula is C16H16N2O3S2. The second-order valence-electron chi connectivity index (χ2n) is 4.96. The Morgan fingerprint density at radius 3 is 2.65 bits per heavy atom. The van der Waals surface area contributed by atoms with Crippen molar-refractivity contribution in [3.05, 3.63) is 59.3 Å². The van der Waals surface area contributed by atoms with Crippen LogP contribution in [-0.2, 0) is 16.4 Å². The monoisotopic (exact) mass is 348 g/mol. The van der Waals surface area contributed by atoms with Gasteiger partial charge in [0.05, 0.1) is 15.5 Å². The largest absolute Gasteiger partial charge is 0.440 e. The molecule has 2 heterocycles. The van der Waals surface area contributed by atoms with Crippen molar-refractivity contribution in [1.82, 2.24) is 9.71 Å². The molecule has 0 spiro atoms. The van der Waals surface area contributed by atoms with Crippen LogP contribution >= 0.6 is 11.3 Å². The van der Waals surface area contributed by atoms with Gasteiger partial charge in [-0.3, -0.25) is 0 Å². The van der Waals surface area contributed by atoms with Crippen molar-refractivity contribution in [2.75, 3.05) is 6.54 Å². The molecule has 0 saturated carbocycles. The van der Waals surface area contributed by atoms with E-state index in [1.165, 1.54) is 0 Å². The first-order chi connectivity index (χ1) is 11.1. The molecule has 2 aromatic heterocycles. The highest BCUT2D eigenvalue weighted by atomic mass is 32.2. The van der Waals surface area contributed by atoms with Crippen LogP contribution in [0.5, 0.6) is 0 Å². The van der Waals surface area contributed by atoms with Gasteiger partial charge in [0.25, 0.3) is 0 Å². The summed E-state index contributed by atoms with van der Waals surface area (Å²) < 4.78 is 32.5. The van der Waals surface area contributed by atoms with Gasteiger partial charge in [-0.15, -0.1) is 11.3 Å². The molecule has 0 saturated heterocycles. The van der Waals surface area contributed by atoms with E-state index >= 15 is 0 Å². The first kappa shape index (κ1) is 15.9. The van der Waals surface area contributed by atoms with Crippen LogP contribution in [0.25, 0.3) is 10.8 Å². The molecule has 120 valence electrons. The van der Waals surface area contributed by atoms with E-state index in [2.05, 4.69) is 9.71 Å². The highest BCUT2D eigenvalue weighted by molar-refractivity contribution is 7.89. The Kier molecular flexibility index (Phi) is 4.61. The van der Waals surface area contributed by atoms with Gasteiger partial charge in [-0.05, 0) is 30.5 Å². The molecule has 0 unspecified atom stereocenters. The summed E-state index contributed by atoms with van der Waals surface area (Å²) in [6.45, 7) is 2.11. The molecule has 1 aromatic carbocycles. The summed E-state index contributed by atoms with van der Waals surface area (Å²) >= 11 is 1.56. The van der Waals surface area contributed by atoms with Crippen LogP contribution in [0.2, 0.25) is 0 Å². The van der Waals surface area contributed by atoms with E-state index in [1.807, 2.05) is 24.4 Å². The Bertz CT molecular complexity index is 869. The lowest BCUT2D eigenvalue weighted by molar-refractivity contribution is 0.539. The molecule has 0 amide bonds. The predicted octanol–water partition coefficient (Wildman–Crippen LogP) is 3.23. The SMILES string of the molecule is Cc1oc(-c2cccs2)nc1CCNS(=O)(=O)c1ccccc1. The minimum Gasteiger partial charge on any atom is -0.440 e. The summed E-state index contributed by atoms with van der Waals surface area (Å²) in [6, 6.07) is 12.2. The van der Waals surface area contributed by atoms with E-state index < -0.39 is 10.0 Å². The minimum atomic E-state index is -3.49. The van der Waals surface area contributed by atoms with Crippen molar-refractivity contribution in [2.45, 2.75) is 18.2 Å². The number of thiophene rings is 1. The Hall–Kier alpha value is -1.96. The zero-order valence-electron chi connectivity index (χ0n) is 12.5. The predicted molar refractivity (Wildman–Crippen MR) is 89.9 cm³/mol. The molecule has 1 N–H and O–H groups in total. The fraction of sp³-hybridized carbons (Fsp3) is 0.188. The molecule has 0 fully saturated rings. The maximum atomic E-state index is 12.1. The van der Waals surface area contributed by atoms with E-state index in [0.29, 0.717) is 18.1 Å². The van der Waals surface area contributed by atoms with Crippen LogP contribution in [0.4, 0.5) is 0 Å². The third-order valence-electron chi connectivity index (χ3n) is 3.33. The van der Waals surface area contributed by atoms with Gasteiger partial charge in [0.2, 0.25) is 15.9 Å². The number of nitrogens with zero attached hydrogens (tertiary/aromatic N) is 1. The number of aryl methyl sites for hydroxylation is 1. The molecule has 0 radical (unpaired) electrons. The van der Waals surface area contributed by atoms with Crippen molar-refractivity contribution in [2.24, 2.45) is 0 Å². The molecule has 0 aliphatic heterocycles. The maximum Gasteiger partial charge on any atom is 0.240 e. The average Bonchev–Trinajstić information content (AvgIpc) is 3.18. The molecule has 7 heteroatoms. The Labute approximate surface area is 139 Å². The van der Waals surface area contributed by atoms with Crippen LogP contribution < -0.4 is 4.72 Å². The highest BCUT2D eigenvalue weighted by Crippen LogP contribution is 2.25. The van der Waals surface area contributed by atoms with Crippen LogP contribution in [0.3, 0.4) is 0 Å². The summed E-state index contributed by atoms with van der Waals surface area (Å²) in [5, 5.41) is 1.96. The number of aromatic nitrogens is 1. The summed E-state index contributed by atoms with van der Waals surface area (Å²) in [7, 11) is -3.49. The third-order valence-corrected chi connectivity index (χ3v) is 5.67. The van der Waals surface area contributed by atoms with Crippen molar-refractivity contribution in [3.63, 3.8) is 0 Å². The first-order valence-corrected chi connectivity index (χ1v) is 9.47. The normalized spacial score (nSPS) is 11.7. The van der Waals surface area contributed by atoms with Crippen molar-refractivity contribution >= 4 is 21.4 Å². The summed E-state index contributed by atoms with van der Waals surface area (Å²) in [5.74, 6) is 1.30. The molecule has 0 aliphatic carbocycles. The van der Waals surface area contributed by atoms with Crippen molar-refractivity contribution in [1.29, 1.82) is 0 Å².